The van der Waals surface area contributed by atoms with Gasteiger partial charge in [0.25, 0.3) is 0 Å². The smallest absolute Gasteiger partial charge is 0.249 e. The highest BCUT2D eigenvalue weighted by atomic mass is 16.1. The average Bonchev–Trinajstić information content (AvgIpc) is 3.14. The number of aromatic amines is 1. The number of carbonyl (C=O) groups is 1. The molecule has 1 amide bonds. The summed E-state index contributed by atoms with van der Waals surface area (Å²) in [6.07, 6.45) is 4.02. The maximum Gasteiger partial charge on any atom is 0.249 e. The summed E-state index contributed by atoms with van der Waals surface area (Å²) < 4.78 is 0. The van der Waals surface area contributed by atoms with Crippen LogP contribution in [-0.4, -0.2) is 15.9 Å². The molecule has 4 heteroatoms. The third-order valence-electron chi connectivity index (χ3n) is 5.21. The van der Waals surface area contributed by atoms with Crippen molar-refractivity contribution in [3.8, 4) is 11.1 Å². The van der Waals surface area contributed by atoms with Gasteiger partial charge in [-0.3, -0.25) is 4.79 Å². The Morgan fingerprint density at radius 1 is 0.967 bits per heavy atom. The number of hydrogen-bond acceptors (Lipinski definition) is 2. The Hall–Kier alpha value is -3.66. The summed E-state index contributed by atoms with van der Waals surface area (Å²) in [6, 6.07) is 21.9. The summed E-state index contributed by atoms with van der Waals surface area (Å²) in [7, 11) is 0. The molecule has 0 saturated heterocycles. The van der Waals surface area contributed by atoms with E-state index in [-0.39, 0.29) is 5.41 Å². The summed E-state index contributed by atoms with van der Waals surface area (Å²) in [5, 5.41) is 0. The molecule has 0 spiro atoms. The van der Waals surface area contributed by atoms with Crippen molar-refractivity contribution >= 4 is 29.1 Å². The number of aromatic nitrogens is 2. The number of H-pyrrole nitrogens is 1. The van der Waals surface area contributed by atoms with Gasteiger partial charge in [0.2, 0.25) is 5.91 Å². The summed E-state index contributed by atoms with van der Waals surface area (Å²) in [5.74, 6) is 0.349. The van der Waals surface area contributed by atoms with Gasteiger partial charge in [0.1, 0.15) is 5.82 Å². The van der Waals surface area contributed by atoms with E-state index in [1.54, 1.807) is 6.07 Å². The molecule has 4 nitrogen and oxygen atoms in total. The lowest BCUT2D eigenvalue weighted by Gasteiger charge is -2.18. The van der Waals surface area contributed by atoms with Gasteiger partial charge in [-0.05, 0) is 51.9 Å². The van der Waals surface area contributed by atoms with Gasteiger partial charge in [-0.1, -0.05) is 75.4 Å². The minimum atomic E-state index is -0.434. The van der Waals surface area contributed by atoms with Crippen LogP contribution in [0.4, 0.5) is 0 Å². The van der Waals surface area contributed by atoms with E-state index < -0.39 is 5.91 Å². The van der Waals surface area contributed by atoms with E-state index in [4.69, 9.17) is 5.73 Å². The fourth-order valence-electron chi connectivity index (χ4n) is 3.49. The van der Waals surface area contributed by atoms with E-state index in [0.717, 1.165) is 33.5 Å². The maximum absolute atomic E-state index is 11.8. The molecule has 0 aliphatic heterocycles. The van der Waals surface area contributed by atoms with E-state index in [0.29, 0.717) is 5.56 Å². The Balaban J connectivity index is 1.62. The van der Waals surface area contributed by atoms with Gasteiger partial charge in [0.05, 0.1) is 11.0 Å². The topological polar surface area (TPSA) is 71.8 Å². The summed E-state index contributed by atoms with van der Waals surface area (Å²) >= 11 is 0. The number of nitrogens with two attached hydrogens (primary N) is 1. The van der Waals surface area contributed by atoms with Crippen LogP contribution in [0.15, 0.2) is 66.7 Å². The predicted octanol–water partition coefficient (Wildman–Crippen LogP) is 5.80. The number of nitrogens with one attached hydrogen (secondary N) is 1. The van der Waals surface area contributed by atoms with Crippen molar-refractivity contribution in [2.75, 3.05) is 0 Å². The minimum absolute atomic E-state index is 0.145. The van der Waals surface area contributed by atoms with E-state index in [9.17, 15) is 4.79 Å². The Morgan fingerprint density at radius 2 is 1.70 bits per heavy atom. The Labute approximate surface area is 176 Å². The molecule has 0 atom stereocenters. The Bertz CT molecular complexity index is 1240. The summed E-state index contributed by atoms with van der Waals surface area (Å²) in [6.45, 7) is 6.63. The van der Waals surface area contributed by atoms with Gasteiger partial charge in [0, 0.05) is 5.56 Å². The van der Waals surface area contributed by atoms with Crippen LogP contribution in [0.5, 0.6) is 0 Å². The lowest BCUT2D eigenvalue weighted by atomic mass is 9.87. The second-order valence-electron chi connectivity index (χ2n) is 8.47. The monoisotopic (exact) mass is 395 g/mol. The Morgan fingerprint density at radius 3 is 2.40 bits per heavy atom. The standard InChI is InChI=1S/C26H25N3O/c1-26(2,3)19-12-8-17(9-13-19)10-15-24-28-22-14-11-18(16-23(22)29-24)20-6-4-5-7-21(20)25(27)30/h4-16H,1-3H3,(H2,27,30)(H,28,29). The number of primary amides is 1. The molecule has 1 aromatic heterocycles. The van der Waals surface area contributed by atoms with Crippen LogP contribution >= 0.6 is 0 Å². The number of nitrogens with zero attached hydrogens (tertiary/aromatic N) is 1. The van der Waals surface area contributed by atoms with E-state index in [2.05, 4.69) is 55.0 Å². The first-order valence-corrected chi connectivity index (χ1v) is 9.99. The quantitative estimate of drug-likeness (QED) is 0.458. The number of imidazole rings is 1. The molecule has 0 aliphatic rings. The van der Waals surface area contributed by atoms with E-state index in [1.165, 1.54) is 5.56 Å². The molecule has 4 rings (SSSR count). The molecule has 30 heavy (non-hydrogen) atoms. The van der Waals surface area contributed by atoms with Gasteiger partial charge >= 0.3 is 0 Å². The highest BCUT2D eigenvalue weighted by Crippen LogP contribution is 2.27. The zero-order valence-electron chi connectivity index (χ0n) is 17.4. The van der Waals surface area contributed by atoms with Crippen molar-refractivity contribution in [3.05, 3.63) is 89.2 Å². The Kier molecular flexibility index (Phi) is 5.00. The summed E-state index contributed by atoms with van der Waals surface area (Å²) in [5.41, 5.74) is 12.1. The lowest BCUT2D eigenvalue weighted by Crippen LogP contribution is -2.12. The van der Waals surface area contributed by atoms with Crippen LogP contribution in [0.25, 0.3) is 34.3 Å². The molecular formula is C26H25N3O. The molecule has 0 saturated carbocycles. The number of carbonyl (C=O) groups excluding carboxylic acids is 1. The number of hydrogen-bond donors (Lipinski definition) is 2. The van der Waals surface area contributed by atoms with Crippen LogP contribution in [-0.2, 0) is 5.41 Å². The number of fused-ring (bicyclic) bond motifs is 1. The summed E-state index contributed by atoms with van der Waals surface area (Å²) in [4.78, 5) is 19.7. The van der Waals surface area contributed by atoms with Crippen LogP contribution in [0.1, 0.15) is 48.1 Å². The fraction of sp³-hybridized carbons (Fsp3) is 0.154. The normalized spacial score (nSPS) is 12.0. The molecule has 4 aromatic rings. The van der Waals surface area contributed by atoms with Gasteiger partial charge in [-0.2, -0.15) is 0 Å². The average molecular weight is 396 g/mol. The van der Waals surface area contributed by atoms with Crippen molar-refractivity contribution in [2.45, 2.75) is 26.2 Å². The first-order chi connectivity index (χ1) is 14.3. The molecule has 0 aliphatic carbocycles. The number of benzene rings is 3. The number of amides is 1. The van der Waals surface area contributed by atoms with Crippen molar-refractivity contribution in [3.63, 3.8) is 0 Å². The lowest BCUT2D eigenvalue weighted by molar-refractivity contribution is 0.100. The van der Waals surface area contributed by atoms with Crippen molar-refractivity contribution in [2.24, 2.45) is 5.73 Å². The molecule has 0 fully saturated rings. The second-order valence-corrected chi connectivity index (χ2v) is 8.47. The zero-order valence-corrected chi connectivity index (χ0v) is 17.4. The molecule has 1 heterocycles. The van der Waals surface area contributed by atoms with Gasteiger partial charge in [-0.25, -0.2) is 4.98 Å². The first-order valence-electron chi connectivity index (χ1n) is 9.99. The van der Waals surface area contributed by atoms with E-state index in [1.807, 2.05) is 48.6 Å². The second kappa shape index (κ2) is 7.64. The minimum Gasteiger partial charge on any atom is -0.366 e. The third-order valence-corrected chi connectivity index (χ3v) is 5.21. The molecule has 3 N–H and O–H groups in total. The largest absolute Gasteiger partial charge is 0.366 e. The van der Waals surface area contributed by atoms with Gasteiger partial charge in [-0.15, -0.1) is 0 Å². The van der Waals surface area contributed by atoms with E-state index >= 15 is 0 Å². The van der Waals surface area contributed by atoms with Gasteiger partial charge in [0.15, 0.2) is 0 Å². The molecular weight excluding hydrogens is 370 g/mol. The molecule has 0 bridgehead atoms. The third kappa shape index (κ3) is 4.03. The van der Waals surface area contributed by atoms with Crippen molar-refractivity contribution < 1.29 is 4.79 Å². The fourth-order valence-corrected chi connectivity index (χ4v) is 3.49. The van der Waals surface area contributed by atoms with Crippen LogP contribution in [0.2, 0.25) is 0 Å². The highest BCUT2D eigenvalue weighted by molar-refractivity contribution is 6.00. The first kappa shape index (κ1) is 19.6. The van der Waals surface area contributed by atoms with Crippen molar-refractivity contribution in [1.82, 2.24) is 9.97 Å². The van der Waals surface area contributed by atoms with Crippen LogP contribution < -0.4 is 5.73 Å². The SMILES string of the molecule is CC(C)(C)c1ccc(C=Cc2nc3ccc(-c4ccccc4C(N)=O)cc3[nH]2)cc1. The van der Waals surface area contributed by atoms with Crippen LogP contribution in [0.3, 0.4) is 0 Å². The zero-order chi connectivity index (χ0) is 21.3. The molecule has 0 unspecified atom stereocenters. The highest BCUT2D eigenvalue weighted by Gasteiger charge is 2.13. The molecule has 150 valence electrons. The molecule has 0 radical (unpaired) electrons. The molecule has 3 aromatic carbocycles. The van der Waals surface area contributed by atoms with Gasteiger partial charge < -0.3 is 10.7 Å². The number of rotatable bonds is 4. The van der Waals surface area contributed by atoms with Crippen molar-refractivity contribution in [1.29, 1.82) is 0 Å². The van der Waals surface area contributed by atoms with Crippen LogP contribution in [0, 0.1) is 0 Å². The predicted molar refractivity (Wildman–Crippen MR) is 124 cm³/mol. The maximum atomic E-state index is 11.8.